The van der Waals surface area contributed by atoms with Crippen molar-refractivity contribution in [1.82, 2.24) is 19.7 Å². The first-order valence-electron chi connectivity index (χ1n) is 4.71. The van der Waals surface area contributed by atoms with Gasteiger partial charge in [0.2, 0.25) is 5.28 Å². The van der Waals surface area contributed by atoms with Gasteiger partial charge in [0.15, 0.2) is 0 Å². The zero-order valence-corrected chi connectivity index (χ0v) is 9.31. The quantitative estimate of drug-likeness (QED) is 0.784. The highest BCUT2D eigenvalue weighted by Crippen LogP contribution is 2.21. The molecule has 0 atom stereocenters. The smallest absolute Gasteiger partial charge is 0.229 e. The van der Waals surface area contributed by atoms with Crippen molar-refractivity contribution in [2.45, 2.75) is 19.8 Å². The first-order valence-corrected chi connectivity index (χ1v) is 5.09. The van der Waals surface area contributed by atoms with Gasteiger partial charge in [0.25, 0.3) is 0 Å². The molecule has 0 aliphatic carbocycles. The Balaban J connectivity index is 2.57. The Morgan fingerprint density at radius 3 is 2.73 bits per heavy atom. The minimum absolute atomic E-state index is 0.269. The Hall–Kier alpha value is -1.42. The number of nitrogens with zero attached hydrogens (tertiary/aromatic N) is 4. The number of pyridine rings is 1. The van der Waals surface area contributed by atoms with Gasteiger partial charge in [-0.3, -0.25) is 9.55 Å². The van der Waals surface area contributed by atoms with E-state index in [2.05, 4.69) is 15.2 Å². The van der Waals surface area contributed by atoms with E-state index in [1.807, 2.05) is 26.0 Å². The molecule has 2 heterocycles. The minimum atomic E-state index is 0.269. The molecule has 5 heteroatoms. The summed E-state index contributed by atoms with van der Waals surface area (Å²) in [5.41, 5.74) is 0.885. The maximum atomic E-state index is 5.99. The third kappa shape index (κ3) is 1.85. The van der Waals surface area contributed by atoms with Crippen LogP contribution in [0.2, 0.25) is 5.28 Å². The Kier molecular flexibility index (Phi) is 2.68. The molecule has 0 radical (unpaired) electrons. The number of halogens is 1. The Morgan fingerprint density at radius 2 is 2.13 bits per heavy atom. The molecule has 0 bridgehead atoms. The van der Waals surface area contributed by atoms with E-state index < -0.39 is 0 Å². The van der Waals surface area contributed by atoms with E-state index in [0.717, 1.165) is 11.5 Å². The third-order valence-electron chi connectivity index (χ3n) is 2.07. The Morgan fingerprint density at radius 1 is 1.33 bits per heavy atom. The van der Waals surface area contributed by atoms with Gasteiger partial charge in [0, 0.05) is 12.1 Å². The summed E-state index contributed by atoms with van der Waals surface area (Å²) in [6.45, 7) is 4.10. The SMILES string of the molecule is CC(C)c1nnc(Cl)n1-c1cccnc1. The van der Waals surface area contributed by atoms with Crippen molar-refractivity contribution in [2.24, 2.45) is 0 Å². The molecule has 0 saturated carbocycles. The highest BCUT2D eigenvalue weighted by Gasteiger charge is 2.14. The summed E-state index contributed by atoms with van der Waals surface area (Å²) in [6.07, 6.45) is 3.46. The molecule has 0 amide bonds. The maximum absolute atomic E-state index is 5.99. The van der Waals surface area contributed by atoms with Gasteiger partial charge in [-0.05, 0) is 23.7 Å². The molecule has 2 aromatic rings. The predicted molar refractivity (Wildman–Crippen MR) is 58.3 cm³/mol. The summed E-state index contributed by atoms with van der Waals surface area (Å²) in [7, 11) is 0. The molecule has 2 rings (SSSR count). The standard InChI is InChI=1S/C10H11ClN4/c1-7(2)9-13-14-10(11)15(9)8-4-3-5-12-6-8/h3-7H,1-2H3. The molecule has 0 spiro atoms. The van der Waals surface area contributed by atoms with Gasteiger partial charge in [-0.2, -0.15) is 0 Å². The minimum Gasteiger partial charge on any atom is -0.268 e. The zero-order chi connectivity index (χ0) is 10.8. The van der Waals surface area contributed by atoms with E-state index in [1.165, 1.54) is 0 Å². The van der Waals surface area contributed by atoms with Gasteiger partial charge in [-0.25, -0.2) is 0 Å². The first kappa shape index (κ1) is 10.1. The van der Waals surface area contributed by atoms with Crippen LogP contribution < -0.4 is 0 Å². The average Bonchev–Trinajstić information content (AvgIpc) is 2.61. The normalized spacial score (nSPS) is 10.9. The molecule has 0 fully saturated rings. The van der Waals surface area contributed by atoms with E-state index in [-0.39, 0.29) is 5.92 Å². The van der Waals surface area contributed by atoms with E-state index in [0.29, 0.717) is 5.28 Å². The van der Waals surface area contributed by atoms with Crippen LogP contribution in [-0.4, -0.2) is 19.7 Å². The van der Waals surface area contributed by atoms with E-state index >= 15 is 0 Å². The predicted octanol–water partition coefficient (Wildman–Crippen LogP) is 2.44. The molecule has 0 unspecified atom stereocenters. The lowest BCUT2D eigenvalue weighted by Crippen LogP contribution is -2.03. The summed E-state index contributed by atoms with van der Waals surface area (Å²) in [6, 6.07) is 3.78. The summed E-state index contributed by atoms with van der Waals surface area (Å²) in [5.74, 6) is 1.11. The molecule has 0 N–H and O–H groups in total. The Labute approximate surface area is 92.9 Å². The lowest BCUT2D eigenvalue weighted by atomic mass is 10.2. The van der Waals surface area contributed by atoms with Crippen molar-refractivity contribution in [3.05, 3.63) is 35.6 Å². The highest BCUT2D eigenvalue weighted by atomic mass is 35.5. The van der Waals surface area contributed by atoms with Gasteiger partial charge in [0.1, 0.15) is 5.82 Å². The second-order valence-electron chi connectivity index (χ2n) is 3.53. The fraction of sp³-hybridized carbons (Fsp3) is 0.300. The number of hydrogen-bond acceptors (Lipinski definition) is 3. The highest BCUT2D eigenvalue weighted by molar-refractivity contribution is 6.28. The van der Waals surface area contributed by atoms with Gasteiger partial charge >= 0.3 is 0 Å². The average molecular weight is 223 g/mol. The fourth-order valence-electron chi connectivity index (χ4n) is 1.37. The maximum Gasteiger partial charge on any atom is 0.229 e. The second kappa shape index (κ2) is 3.98. The summed E-state index contributed by atoms with van der Waals surface area (Å²) in [4.78, 5) is 4.05. The topological polar surface area (TPSA) is 43.6 Å². The third-order valence-corrected chi connectivity index (χ3v) is 2.31. The Bertz CT molecular complexity index is 450. The van der Waals surface area contributed by atoms with Gasteiger partial charge in [0.05, 0.1) is 11.9 Å². The summed E-state index contributed by atoms with van der Waals surface area (Å²) < 4.78 is 1.80. The van der Waals surface area contributed by atoms with E-state index in [9.17, 15) is 0 Å². The van der Waals surface area contributed by atoms with E-state index in [1.54, 1.807) is 17.0 Å². The van der Waals surface area contributed by atoms with Crippen LogP contribution in [0.3, 0.4) is 0 Å². The molecular weight excluding hydrogens is 212 g/mol. The molecule has 2 aromatic heterocycles. The molecule has 78 valence electrons. The molecule has 0 aliphatic rings. The van der Waals surface area contributed by atoms with Crippen LogP contribution in [0.15, 0.2) is 24.5 Å². The lowest BCUT2D eigenvalue weighted by Gasteiger charge is -2.08. The van der Waals surface area contributed by atoms with Gasteiger partial charge in [-0.15, -0.1) is 10.2 Å². The van der Waals surface area contributed by atoms with Gasteiger partial charge < -0.3 is 0 Å². The van der Waals surface area contributed by atoms with Crippen molar-refractivity contribution < 1.29 is 0 Å². The second-order valence-corrected chi connectivity index (χ2v) is 3.87. The number of aromatic nitrogens is 4. The zero-order valence-electron chi connectivity index (χ0n) is 8.55. The largest absolute Gasteiger partial charge is 0.268 e. The number of rotatable bonds is 2. The van der Waals surface area contributed by atoms with Crippen molar-refractivity contribution in [3.63, 3.8) is 0 Å². The first-order chi connectivity index (χ1) is 7.20. The molecule has 4 nitrogen and oxygen atoms in total. The lowest BCUT2D eigenvalue weighted by molar-refractivity contribution is 0.744. The summed E-state index contributed by atoms with van der Waals surface area (Å²) in [5, 5.41) is 8.28. The molecule has 0 saturated heterocycles. The summed E-state index contributed by atoms with van der Waals surface area (Å²) >= 11 is 5.99. The van der Waals surface area contributed by atoms with Crippen LogP contribution in [0.25, 0.3) is 5.69 Å². The van der Waals surface area contributed by atoms with Gasteiger partial charge in [-0.1, -0.05) is 13.8 Å². The van der Waals surface area contributed by atoms with Crippen LogP contribution in [0.5, 0.6) is 0 Å². The number of hydrogen-bond donors (Lipinski definition) is 0. The molecule has 0 aliphatic heterocycles. The van der Waals surface area contributed by atoms with Crippen LogP contribution in [-0.2, 0) is 0 Å². The fourth-order valence-corrected chi connectivity index (χ4v) is 1.60. The van der Waals surface area contributed by atoms with Crippen molar-refractivity contribution in [2.75, 3.05) is 0 Å². The van der Waals surface area contributed by atoms with Crippen molar-refractivity contribution in [3.8, 4) is 5.69 Å². The van der Waals surface area contributed by atoms with Crippen LogP contribution in [0.4, 0.5) is 0 Å². The van der Waals surface area contributed by atoms with Crippen molar-refractivity contribution in [1.29, 1.82) is 0 Å². The van der Waals surface area contributed by atoms with Crippen molar-refractivity contribution >= 4 is 11.6 Å². The molecule has 15 heavy (non-hydrogen) atoms. The van der Waals surface area contributed by atoms with Crippen LogP contribution in [0.1, 0.15) is 25.6 Å². The van der Waals surface area contributed by atoms with Crippen LogP contribution >= 0.6 is 11.6 Å². The van der Waals surface area contributed by atoms with Crippen LogP contribution in [0, 0.1) is 0 Å². The van der Waals surface area contributed by atoms with E-state index in [4.69, 9.17) is 11.6 Å². The molecular formula is C10H11ClN4. The molecule has 0 aromatic carbocycles. The monoisotopic (exact) mass is 222 g/mol.